The molecule has 5 nitrogen and oxygen atoms in total. The van der Waals surface area contributed by atoms with E-state index in [0.717, 1.165) is 6.42 Å². The normalized spacial score (nSPS) is 19.0. The summed E-state index contributed by atoms with van der Waals surface area (Å²) in [6.45, 7) is 1.32. The summed E-state index contributed by atoms with van der Waals surface area (Å²) in [5, 5.41) is 0. The third kappa shape index (κ3) is 2.41. The summed E-state index contributed by atoms with van der Waals surface area (Å²) in [4.78, 5) is 14.1. The maximum absolute atomic E-state index is 12.4. The van der Waals surface area contributed by atoms with Crippen LogP contribution in [0.25, 0.3) is 0 Å². The molecule has 0 spiro atoms. The maximum Gasteiger partial charge on any atom is 0.257 e. The molecule has 0 radical (unpaired) electrons. The second kappa shape index (κ2) is 5.27. The van der Waals surface area contributed by atoms with Crippen LogP contribution in [0.1, 0.15) is 16.8 Å². The van der Waals surface area contributed by atoms with Gasteiger partial charge in [0.2, 0.25) is 0 Å². The number of nitrogens with zero attached hydrogens (tertiary/aromatic N) is 1. The van der Waals surface area contributed by atoms with Crippen molar-refractivity contribution < 1.29 is 14.3 Å². The van der Waals surface area contributed by atoms with Crippen LogP contribution in [0, 0.1) is 0 Å². The first-order valence-electron chi connectivity index (χ1n) is 5.91. The van der Waals surface area contributed by atoms with Gasteiger partial charge in [0.25, 0.3) is 5.91 Å². The first-order chi connectivity index (χ1) is 8.65. The van der Waals surface area contributed by atoms with Crippen LogP contribution < -0.4 is 10.5 Å². The van der Waals surface area contributed by atoms with Crippen molar-refractivity contribution in [3.05, 3.63) is 23.8 Å². The van der Waals surface area contributed by atoms with E-state index in [2.05, 4.69) is 0 Å². The Morgan fingerprint density at radius 2 is 2.22 bits per heavy atom. The highest BCUT2D eigenvalue weighted by Crippen LogP contribution is 2.24. The summed E-state index contributed by atoms with van der Waals surface area (Å²) in [7, 11) is 3.21. The van der Waals surface area contributed by atoms with E-state index in [0.29, 0.717) is 30.1 Å². The molecule has 1 fully saturated rings. The SMILES string of the molecule is COc1ccc(N)cc1C(=O)N1CCC(OC)C1. The number of rotatable bonds is 3. The zero-order chi connectivity index (χ0) is 13.1. The van der Waals surface area contributed by atoms with E-state index >= 15 is 0 Å². The van der Waals surface area contributed by atoms with Crippen LogP contribution in [0.3, 0.4) is 0 Å². The van der Waals surface area contributed by atoms with Gasteiger partial charge in [-0.05, 0) is 24.6 Å². The van der Waals surface area contributed by atoms with Crippen molar-refractivity contribution in [1.29, 1.82) is 0 Å². The lowest BCUT2D eigenvalue weighted by Gasteiger charge is -2.18. The smallest absolute Gasteiger partial charge is 0.257 e. The van der Waals surface area contributed by atoms with E-state index in [1.54, 1.807) is 37.3 Å². The largest absolute Gasteiger partial charge is 0.496 e. The lowest BCUT2D eigenvalue weighted by molar-refractivity contribution is 0.0721. The number of methoxy groups -OCH3 is 2. The number of carbonyl (C=O) groups excluding carboxylic acids is 1. The molecule has 2 N–H and O–H groups in total. The summed E-state index contributed by atoms with van der Waals surface area (Å²) >= 11 is 0. The summed E-state index contributed by atoms with van der Waals surface area (Å²) in [5.74, 6) is 0.494. The Bertz CT molecular complexity index is 448. The van der Waals surface area contributed by atoms with E-state index in [4.69, 9.17) is 15.2 Å². The van der Waals surface area contributed by atoms with E-state index in [9.17, 15) is 4.79 Å². The molecule has 0 saturated carbocycles. The summed E-state index contributed by atoms with van der Waals surface area (Å²) in [5.41, 5.74) is 6.79. The van der Waals surface area contributed by atoms with Gasteiger partial charge in [0.05, 0.1) is 18.8 Å². The van der Waals surface area contributed by atoms with E-state index in [1.807, 2.05) is 0 Å². The predicted octanol–water partition coefficient (Wildman–Crippen LogP) is 1.14. The number of ether oxygens (including phenoxy) is 2. The molecule has 98 valence electrons. The average molecular weight is 250 g/mol. The Hall–Kier alpha value is -1.75. The first kappa shape index (κ1) is 12.7. The van der Waals surface area contributed by atoms with Gasteiger partial charge in [-0.3, -0.25) is 4.79 Å². The van der Waals surface area contributed by atoms with Crippen molar-refractivity contribution in [2.45, 2.75) is 12.5 Å². The van der Waals surface area contributed by atoms with Crippen molar-refractivity contribution >= 4 is 11.6 Å². The second-order valence-electron chi connectivity index (χ2n) is 4.36. The van der Waals surface area contributed by atoms with Gasteiger partial charge >= 0.3 is 0 Å². The molecule has 1 atom stereocenters. The van der Waals surface area contributed by atoms with E-state index < -0.39 is 0 Å². The Morgan fingerprint density at radius 1 is 1.44 bits per heavy atom. The first-order valence-corrected chi connectivity index (χ1v) is 5.91. The fourth-order valence-electron chi connectivity index (χ4n) is 2.17. The fourth-order valence-corrected chi connectivity index (χ4v) is 2.17. The lowest BCUT2D eigenvalue weighted by Crippen LogP contribution is -2.30. The third-order valence-electron chi connectivity index (χ3n) is 3.22. The van der Waals surface area contributed by atoms with Crippen molar-refractivity contribution in [3.63, 3.8) is 0 Å². The molecule has 1 aromatic carbocycles. The molecule has 1 aromatic rings. The molecule has 1 aliphatic rings. The van der Waals surface area contributed by atoms with Gasteiger partial charge in [0, 0.05) is 25.9 Å². The molecule has 1 unspecified atom stereocenters. The second-order valence-corrected chi connectivity index (χ2v) is 4.36. The number of nitrogens with two attached hydrogens (primary N) is 1. The van der Waals surface area contributed by atoms with Crippen LogP contribution in [0.2, 0.25) is 0 Å². The molecule has 0 bridgehead atoms. The van der Waals surface area contributed by atoms with Crippen LogP contribution in [0.5, 0.6) is 5.75 Å². The van der Waals surface area contributed by atoms with Gasteiger partial charge in [-0.1, -0.05) is 0 Å². The zero-order valence-corrected chi connectivity index (χ0v) is 10.7. The molecule has 5 heteroatoms. The number of benzene rings is 1. The quantitative estimate of drug-likeness (QED) is 0.817. The van der Waals surface area contributed by atoms with Crippen LogP contribution >= 0.6 is 0 Å². The minimum Gasteiger partial charge on any atom is -0.496 e. The predicted molar refractivity (Wildman–Crippen MR) is 68.7 cm³/mol. The molecule has 18 heavy (non-hydrogen) atoms. The number of hydrogen-bond donors (Lipinski definition) is 1. The standard InChI is InChI=1S/C13H18N2O3/c1-17-10-5-6-15(8-10)13(16)11-7-9(14)3-4-12(11)18-2/h3-4,7,10H,5-6,8,14H2,1-2H3. The van der Waals surface area contributed by atoms with E-state index in [1.165, 1.54) is 0 Å². The lowest BCUT2D eigenvalue weighted by atomic mass is 10.1. The van der Waals surface area contributed by atoms with Crippen molar-refractivity contribution in [1.82, 2.24) is 4.90 Å². The zero-order valence-electron chi connectivity index (χ0n) is 10.7. The fraction of sp³-hybridized carbons (Fsp3) is 0.462. The molecule has 1 aliphatic heterocycles. The Balaban J connectivity index is 2.21. The molecule has 2 rings (SSSR count). The summed E-state index contributed by atoms with van der Waals surface area (Å²) in [6.07, 6.45) is 0.994. The molecular formula is C13H18N2O3. The van der Waals surface area contributed by atoms with Crippen molar-refractivity contribution in [2.75, 3.05) is 33.0 Å². The highest BCUT2D eigenvalue weighted by molar-refractivity contribution is 5.98. The van der Waals surface area contributed by atoms with E-state index in [-0.39, 0.29) is 12.0 Å². The molecule has 1 saturated heterocycles. The number of nitrogen functional groups attached to an aromatic ring is 1. The number of carbonyl (C=O) groups is 1. The molecular weight excluding hydrogens is 232 g/mol. The Morgan fingerprint density at radius 3 is 2.83 bits per heavy atom. The average Bonchev–Trinajstić information content (AvgIpc) is 2.86. The molecule has 0 aromatic heterocycles. The third-order valence-corrected chi connectivity index (χ3v) is 3.22. The monoisotopic (exact) mass is 250 g/mol. The highest BCUT2D eigenvalue weighted by Gasteiger charge is 2.28. The van der Waals surface area contributed by atoms with Gasteiger partial charge < -0.3 is 20.1 Å². The molecule has 0 aliphatic carbocycles. The van der Waals surface area contributed by atoms with Crippen LogP contribution in [-0.2, 0) is 4.74 Å². The topological polar surface area (TPSA) is 64.8 Å². The number of anilines is 1. The number of amides is 1. The Kier molecular flexibility index (Phi) is 3.72. The van der Waals surface area contributed by atoms with Gasteiger partial charge in [0.1, 0.15) is 5.75 Å². The molecule has 1 amide bonds. The van der Waals surface area contributed by atoms with Crippen LogP contribution in [-0.4, -0.2) is 44.2 Å². The van der Waals surface area contributed by atoms with Crippen molar-refractivity contribution in [2.24, 2.45) is 0 Å². The maximum atomic E-state index is 12.4. The minimum atomic E-state index is -0.0568. The van der Waals surface area contributed by atoms with Gasteiger partial charge in [0.15, 0.2) is 0 Å². The van der Waals surface area contributed by atoms with Crippen molar-refractivity contribution in [3.8, 4) is 5.75 Å². The number of hydrogen-bond acceptors (Lipinski definition) is 4. The summed E-state index contributed by atoms with van der Waals surface area (Å²) < 4.78 is 10.5. The van der Waals surface area contributed by atoms with Gasteiger partial charge in [-0.25, -0.2) is 0 Å². The molecule has 1 heterocycles. The number of likely N-dealkylation sites (tertiary alicyclic amines) is 1. The van der Waals surface area contributed by atoms with Crippen LogP contribution in [0.4, 0.5) is 5.69 Å². The summed E-state index contributed by atoms with van der Waals surface area (Å²) in [6, 6.07) is 5.09. The van der Waals surface area contributed by atoms with Gasteiger partial charge in [-0.15, -0.1) is 0 Å². The van der Waals surface area contributed by atoms with Gasteiger partial charge in [-0.2, -0.15) is 0 Å². The Labute approximate surface area is 106 Å². The van der Waals surface area contributed by atoms with Crippen LogP contribution in [0.15, 0.2) is 18.2 Å². The minimum absolute atomic E-state index is 0.0568. The highest BCUT2D eigenvalue weighted by atomic mass is 16.5.